The fraction of sp³-hybridized carbons (Fsp3) is 0.417. The van der Waals surface area contributed by atoms with Crippen molar-refractivity contribution < 1.29 is 22.4 Å². The van der Waals surface area contributed by atoms with Gasteiger partial charge in [0.15, 0.2) is 11.6 Å². The number of benzene rings is 1. The number of nitrogens with one attached hydrogen (secondary N) is 1. The quantitative estimate of drug-likeness (QED) is 0.832. The van der Waals surface area contributed by atoms with E-state index in [2.05, 4.69) is 5.32 Å². The third-order valence-corrected chi connectivity index (χ3v) is 3.07. The summed E-state index contributed by atoms with van der Waals surface area (Å²) in [4.78, 5) is 11.3. The molecule has 1 fully saturated rings. The molecule has 0 bridgehead atoms. The Kier molecular flexibility index (Phi) is 3.54. The van der Waals surface area contributed by atoms with Crippen LogP contribution in [-0.2, 0) is 11.2 Å². The van der Waals surface area contributed by atoms with Crippen molar-refractivity contribution in [2.75, 3.05) is 6.54 Å². The van der Waals surface area contributed by atoms with Crippen molar-refractivity contribution >= 4 is 5.91 Å². The van der Waals surface area contributed by atoms with E-state index in [1.165, 1.54) is 0 Å². The van der Waals surface area contributed by atoms with Crippen molar-refractivity contribution in [3.63, 3.8) is 0 Å². The van der Waals surface area contributed by atoms with E-state index >= 15 is 0 Å². The number of carbonyl (C=O) groups excluding carboxylic acids is 1. The first-order chi connectivity index (χ1) is 8.50. The van der Waals surface area contributed by atoms with Gasteiger partial charge in [0.25, 0.3) is 6.43 Å². The second-order valence-electron chi connectivity index (χ2n) is 4.22. The summed E-state index contributed by atoms with van der Waals surface area (Å²) in [5, 5.41) is 2.57. The highest BCUT2D eigenvalue weighted by atomic mass is 19.3. The Morgan fingerprint density at radius 1 is 1.33 bits per heavy atom. The van der Waals surface area contributed by atoms with Gasteiger partial charge in [-0.3, -0.25) is 4.79 Å². The normalized spacial score (nSPS) is 19.4. The van der Waals surface area contributed by atoms with Gasteiger partial charge in [-0.1, -0.05) is 6.07 Å². The standard InChI is InChI=1S/C12H11F4NO/c13-8-2-1-6(9(10(8)14)11(15)16)5-7-3-4-17-12(7)18/h1-2,7,11H,3-5H2,(H,17,18). The lowest BCUT2D eigenvalue weighted by molar-refractivity contribution is -0.122. The molecule has 1 aliphatic heterocycles. The van der Waals surface area contributed by atoms with E-state index in [9.17, 15) is 22.4 Å². The highest BCUT2D eigenvalue weighted by Crippen LogP contribution is 2.30. The van der Waals surface area contributed by atoms with Crippen molar-refractivity contribution in [3.05, 3.63) is 34.9 Å². The highest BCUT2D eigenvalue weighted by Gasteiger charge is 2.28. The Hall–Kier alpha value is -1.59. The summed E-state index contributed by atoms with van der Waals surface area (Å²) in [5.74, 6) is -3.52. The molecule has 0 aromatic heterocycles. The van der Waals surface area contributed by atoms with Crippen molar-refractivity contribution in [1.82, 2.24) is 5.32 Å². The lowest BCUT2D eigenvalue weighted by Crippen LogP contribution is -2.21. The molecule has 0 radical (unpaired) electrons. The fourth-order valence-electron chi connectivity index (χ4n) is 2.13. The summed E-state index contributed by atoms with van der Waals surface area (Å²) in [5.41, 5.74) is -0.944. The van der Waals surface area contributed by atoms with Gasteiger partial charge in [-0.15, -0.1) is 0 Å². The molecule has 1 unspecified atom stereocenters. The number of amides is 1. The van der Waals surface area contributed by atoms with E-state index in [-0.39, 0.29) is 17.9 Å². The summed E-state index contributed by atoms with van der Waals surface area (Å²) in [6.07, 6.45) is -2.58. The summed E-state index contributed by atoms with van der Waals surface area (Å²) in [6.45, 7) is 0.483. The predicted molar refractivity (Wildman–Crippen MR) is 56.1 cm³/mol. The molecule has 1 aliphatic rings. The van der Waals surface area contributed by atoms with Crippen LogP contribution in [0.2, 0.25) is 0 Å². The second kappa shape index (κ2) is 4.96. The molecule has 2 rings (SSSR count). The van der Waals surface area contributed by atoms with Gasteiger partial charge in [-0.2, -0.15) is 0 Å². The number of rotatable bonds is 3. The molecule has 1 atom stereocenters. The van der Waals surface area contributed by atoms with Crippen LogP contribution >= 0.6 is 0 Å². The smallest absolute Gasteiger partial charge is 0.267 e. The van der Waals surface area contributed by atoms with Crippen molar-refractivity contribution in [3.8, 4) is 0 Å². The summed E-state index contributed by atoms with van der Waals surface area (Å²) >= 11 is 0. The Bertz CT molecular complexity index is 475. The van der Waals surface area contributed by atoms with Crippen LogP contribution in [0, 0.1) is 17.6 Å². The molecule has 98 valence electrons. The van der Waals surface area contributed by atoms with E-state index in [1.54, 1.807) is 0 Å². The third kappa shape index (κ3) is 2.32. The van der Waals surface area contributed by atoms with Gasteiger partial charge < -0.3 is 5.32 Å². The molecule has 0 aliphatic carbocycles. The molecule has 0 spiro atoms. The Balaban J connectivity index is 2.32. The van der Waals surface area contributed by atoms with Crippen LogP contribution in [0.5, 0.6) is 0 Å². The van der Waals surface area contributed by atoms with Crippen LogP contribution in [0.15, 0.2) is 12.1 Å². The van der Waals surface area contributed by atoms with Crippen molar-refractivity contribution in [2.45, 2.75) is 19.3 Å². The topological polar surface area (TPSA) is 29.1 Å². The average Bonchev–Trinajstić information content (AvgIpc) is 2.69. The molecular formula is C12H11F4NO. The number of carbonyl (C=O) groups is 1. The lowest BCUT2D eigenvalue weighted by atomic mass is 9.94. The summed E-state index contributed by atoms with van der Waals surface area (Å²) in [7, 11) is 0. The van der Waals surface area contributed by atoms with Crippen LogP contribution in [0.25, 0.3) is 0 Å². The highest BCUT2D eigenvalue weighted by molar-refractivity contribution is 5.80. The average molecular weight is 261 g/mol. The zero-order valence-corrected chi connectivity index (χ0v) is 9.35. The van der Waals surface area contributed by atoms with Gasteiger partial charge in [-0.05, 0) is 24.5 Å². The largest absolute Gasteiger partial charge is 0.356 e. The SMILES string of the molecule is O=C1NCCC1Cc1ccc(F)c(F)c1C(F)F. The van der Waals surface area contributed by atoms with E-state index in [4.69, 9.17) is 0 Å². The Morgan fingerprint density at radius 3 is 2.61 bits per heavy atom. The molecule has 1 aromatic rings. The van der Waals surface area contributed by atoms with Crippen molar-refractivity contribution in [2.24, 2.45) is 5.92 Å². The summed E-state index contributed by atoms with van der Waals surface area (Å²) in [6, 6.07) is 1.93. The number of alkyl halides is 2. The van der Waals surface area contributed by atoms with E-state index < -0.39 is 29.5 Å². The minimum Gasteiger partial charge on any atom is -0.356 e. The maximum absolute atomic E-state index is 13.3. The van der Waals surface area contributed by atoms with Crippen LogP contribution in [0.1, 0.15) is 24.0 Å². The molecule has 1 heterocycles. The van der Waals surface area contributed by atoms with Crippen molar-refractivity contribution in [1.29, 1.82) is 0 Å². The maximum atomic E-state index is 13.3. The van der Waals surface area contributed by atoms with E-state index in [0.717, 1.165) is 12.1 Å². The molecule has 1 N–H and O–H groups in total. The first kappa shape index (κ1) is 12.9. The lowest BCUT2D eigenvalue weighted by Gasteiger charge is -2.13. The molecule has 18 heavy (non-hydrogen) atoms. The predicted octanol–water partition coefficient (Wildman–Crippen LogP) is 2.58. The van der Waals surface area contributed by atoms with Gasteiger partial charge in [0.2, 0.25) is 5.91 Å². The van der Waals surface area contributed by atoms with Crippen LogP contribution in [-0.4, -0.2) is 12.5 Å². The van der Waals surface area contributed by atoms with Gasteiger partial charge in [0, 0.05) is 12.5 Å². The van der Waals surface area contributed by atoms with Gasteiger partial charge >= 0.3 is 0 Å². The van der Waals surface area contributed by atoms with Crippen LogP contribution in [0.3, 0.4) is 0 Å². The fourth-order valence-corrected chi connectivity index (χ4v) is 2.13. The first-order valence-corrected chi connectivity index (χ1v) is 5.53. The first-order valence-electron chi connectivity index (χ1n) is 5.53. The van der Waals surface area contributed by atoms with Gasteiger partial charge in [-0.25, -0.2) is 17.6 Å². The number of halogens is 4. The Morgan fingerprint density at radius 2 is 2.06 bits per heavy atom. The molecule has 1 aromatic carbocycles. The van der Waals surface area contributed by atoms with E-state index in [1.807, 2.05) is 0 Å². The Labute approximate surface area is 101 Å². The van der Waals surface area contributed by atoms with Crippen LogP contribution in [0.4, 0.5) is 17.6 Å². The van der Waals surface area contributed by atoms with Crippen LogP contribution < -0.4 is 5.32 Å². The van der Waals surface area contributed by atoms with E-state index in [0.29, 0.717) is 13.0 Å². The monoisotopic (exact) mass is 261 g/mol. The maximum Gasteiger partial charge on any atom is 0.267 e. The number of hydrogen-bond acceptors (Lipinski definition) is 1. The molecule has 1 amide bonds. The zero-order valence-electron chi connectivity index (χ0n) is 9.35. The minimum atomic E-state index is -3.10. The minimum absolute atomic E-state index is 0.00269. The zero-order chi connectivity index (χ0) is 13.3. The molecule has 2 nitrogen and oxygen atoms in total. The van der Waals surface area contributed by atoms with Gasteiger partial charge in [0.05, 0.1) is 5.56 Å². The molecule has 6 heteroatoms. The molecule has 1 saturated heterocycles. The number of hydrogen-bond donors (Lipinski definition) is 1. The summed E-state index contributed by atoms with van der Waals surface area (Å²) < 4.78 is 51.7. The second-order valence-corrected chi connectivity index (χ2v) is 4.22. The molecule has 0 saturated carbocycles. The van der Waals surface area contributed by atoms with Gasteiger partial charge in [0.1, 0.15) is 0 Å². The molecular weight excluding hydrogens is 250 g/mol. The third-order valence-electron chi connectivity index (χ3n) is 3.07.